The molecule has 0 aromatic heterocycles. The quantitative estimate of drug-likeness (QED) is 0.687. The Morgan fingerprint density at radius 2 is 2.00 bits per heavy atom. The van der Waals surface area contributed by atoms with E-state index in [4.69, 9.17) is 4.74 Å². The SMILES string of the molecule is CCC1=C(CC)N(C)CC(F)(F)CO1. The van der Waals surface area contributed by atoms with Crippen LogP contribution >= 0.6 is 0 Å². The summed E-state index contributed by atoms with van der Waals surface area (Å²) in [5.74, 6) is -2.04. The number of nitrogens with zero attached hydrogens (tertiary/aromatic N) is 1. The molecule has 0 fully saturated rings. The number of ether oxygens (including phenoxy) is 1. The van der Waals surface area contributed by atoms with Crippen molar-refractivity contribution in [2.45, 2.75) is 32.6 Å². The average Bonchev–Trinajstić information content (AvgIpc) is 2.20. The van der Waals surface area contributed by atoms with Crippen molar-refractivity contribution < 1.29 is 13.5 Å². The maximum Gasteiger partial charge on any atom is 0.298 e. The fraction of sp³-hybridized carbons (Fsp3) is 0.800. The maximum atomic E-state index is 13.1. The van der Waals surface area contributed by atoms with Gasteiger partial charge in [-0.25, -0.2) is 8.78 Å². The lowest BCUT2D eigenvalue weighted by atomic mass is 10.2. The van der Waals surface area contributed by atoms with Gasteiger partial charge >= 0.3 is 0 Å². The maximum absolute atomic E-state index is 13.1. The van der Waals surface area contributed by atoms with Crippen molar-refractivity contribution in [1.82, 2.24) is 4.90 Å². The second-order valence-corrected chi connectivity index (χ2v) is 3.58. The zero-order valence-corrected chi connectivity index (χ0v) is 8.94. The first kappa shape index (κ1) is 11.3. The van der Waals surface area contributed by atoms with Crippen molar-refractivity contribution in [3.05, 3.63) is 11.5 Å². The van der Waals surface area contributed by atoms with Crippen molar-refractivity contribution in [3.63, 3.8) is 0 Å². The van der Waals surface area contributed by atoms with Crippen LogP contribution in [0.1, 0.15) is 26.7 Å². The van der Waals surface area contributed by atoms with Crippen molar-refractivity contribution in [1.29, 1.82) is 0 Å². The van der Waals surface area contributed by atoms with Gasteiger partial charge < -0.3 is 9.64 Å². The van der Waals surface area contributed by atoms with Gasteiger partial charge in [0, 0.05) is 13.5 Å². The average molecular weight is 205 g/mol. The molecule has 0 aromatic rings. The Hall–Kier alpha value is -0.800. The van der Waals surface area contributed by atoms with E-state index >= 15 is 0 Å². The van der Waals surface area contributed by atoms with Gasteiger partial charge in [-0.05, 0) is 6.42 Å². The summed E-state index contributed by atoms with van der Waals surface area (Å²) in [5.41, 5.74) is 0.893. The Morgan fingerprint density at radius 3 is 2.50 bits per heavy atom. The van der Waals surface area contributed by atoms with E-state index < -0.39 is 12.5 Å². The molecule has 0 aromatic carbocycles. The highest BCUT2D eigenvalue weighted by Crippen LogP contribution is 2.27. The third-order valence-corrected chi connectivity index (χ3v) is 2.36. The molecule has 0 N–H and O–H groups in total. The molecule has 0 unspecified atom stereocenters. The molecule has 0 saturated carbocycles. The zero-order chi connectivity index (χ0) is 10.8. The van der Waals surface area contributed by atoms with Crippen LogP contribution in [0.4, 0.5) is 8.78 Å². The zero-order valence-electron chi connectivity index (χ0n) is 8.94. The lowest BCUT2D eigenvalue weighted by Crippen LogP contribution is -2.34. The number of halogens is 2. The van der Waals surface area contributed by atoms with Gasteiger partial charge in [-0.3, -0.25) is 0 Å². The molecule has 0 radical (unpaired) electrons. The van der Waals surface area contributed by atoms with E-state index in [-0.39, 0.29) is 6.54 Å². The van der Waals surface area contributed by atoms with Crippen molar-refractivity contribution in [2.24, 2.45) is 0 Å². The van der Waals surface area contributed by atoms with E-state index in [1.807, 2.05) is 13.8 Å². The summed E-state index contributed by atoms with van der Waals surface area (Å²) in [5, 5.41) is 0. The van der Waals surface area contributed by atoms with Gasteiger partial charge in [0.15, 0.2) is 6.61 Å². The molecule has 82 valence electrons. The molecule has 0 saturated heterocycles. The largest absolute Gasteiger partial charge is 0.490 e. The molecule has 2 nitrogen and oxygen atoms in total. The molecule has 1 aliphatic heterocycles. The molecule has 1 aliphatic rings. The normalized spacial score (nSPS) is 21.9. The summed E-state index contributed by atoms with van der Waals surface area (Å²) < 4.78 is 31.4. The number of alkyl halides is 2. The number of rotatable bonds is 2. The summed E-state index contributed by atoms with van der Waals surface area (Å²) in [6.45, 7) is 3.13. The summed E-state index contributed by atoms with van der Waals surface area (Å²) in [6, 6.07) is 0. The minimum Gasteiger partial charge on any atom is -0.490 e. The van der Waals surface area contributed by atoms with Crippen molar-refractivity contribution in [3.8, 4) is 0 Å². The van der Waals surface area contributed by atoms with Gasteiger partial charge in [-0.15, -0.1) is 0 Å². The Kier molecular flexibility index (Phi) is 3.34. The van der Waals surface area contributed by atoms with E-state index in [1.165, 1.54) is 0 Å². The van der Waals surface area contributed by atoms with Crippen molar-refractivity contribution in [2.75, 3.05) is 20.2 Å². The minimum atomic E-state index is -2.74. The number of hydrogen-bond donors (Lipinski definition) is 0. The first-order chi connectivity index (χ1) is 6.50. The van der Waals surface area contributed by atoms with Gasteiger partial charge in [0.25, 0.3) is 5.92 Å². The number of hydrogen-bond acceptors (Lipinski definition) is 2. The second kappa shape index (κ2) is 4.15. The lowest BCUT2D eigenvalue weighted by Gasteiger charge is -2.22. The topological polar surface area (TPSA) is 12.5 Å². The molecule has 1 heterocycles. The fourth-order valence-corrected chi connectivity index (χ4v) is 1.75. The molecule has 1 rings (SSSR count). The third-order valence-electron chi connectivity index (χ3n) is 2.36. The highest BCUT2D eigenvalue weighted by atomic mass is 19.3. The summed E-state index contributed by atoms with van der Waals surface area (Å²) in [7, 11) is 1.69. The van der Waals surface area contributed by atoms with E-state index in [0.717, 1.165) is 12.1 Å². The standard InChI is InChI=1S/C10H17F2NO/c1-4-8-9(5-2)14-7-10(11,12)6-13(8)3/h4-7H2,1-3H3. The van der Waals surface area contributed by atoms with Crippen LogP contribution in [0.5, 0.6) is 0 Å². The molecule has 14 heavy (non-hydrogen) atoms. The smallest absolute Gasteiger partial charge is 0.298 e. The van der Waals surface area contributed by atoms with E-state index in [1.54, 1.807) is 11.9 Å². The van der Waals surface area contributed by atoms with Gasteiger partial charge in [0.05, 0.1) is 12.2 Å². The molecular formula is C10H17F2NO. The molecule has 0 amide bonds. The van der Waals surface area contributed by atoms with Crippen LogP contribution in [0, 0.1) is 0 Å². The second-order valence-electron chi connectivity index (χ2n) is 3.58. The fourth-order valence-electron chi connectivity index (χ4n) is 1.75. The summed E-state index contributed by atoms with van der Waals surface area (Å²) >= 11 is 0. The Bertz CT molecular complexity index is 238. The van der Waals surface area contributed by atoms with Crippen molar-refractivity contribution >= 4 is 0 Å². The monoisotopic (exact) mass is 205 g/mol. The van der Waals surface area contributed by atoms with Gasteiger partial charge in [-0.2, -0.15) is 0 Å². The van der Waals surface area contributed by atoms with Crippen LogP contribution in [-0.4, -0.2) is 31.0 Å². The summed E-state index contributed by atoms with van der Waals surface area (Å²) in [6.07, 6.45) is 1.40. The van der Waals surface area contributed by atoms with Gasteiger partial charge in [0.2, 0.25) is 0 Å². The van der Waals surface area contributed by atoms with E-state index in [9.17, 15) is 8.78 Å². The van der Waals surface area contributed by atoms with Crippen LogP contribution in [-0.2, 0) is 4.74 Å². The summed E-state index contributed by atoms with van der Waals surface area (Å²) in [4.78, 5) is 1.60. The van der Waals surface area contributed by atoms with Crippen LogP contribution in [0.3, 0.4) is 0 Å². The highest BCUT2D eigenvalue weighted by molar-refractivity contribution is 5.09. The van der Waals surface area contributed by atoms with Crippen LogP contribution in [0.25, 0.3) is 0 Å². The Balaban J connectivity index is 2.89. The number of allylic oxidation sites excluding steroid dienone is 2. The first-order valence-electron chi connectivity index (χ1n) is 4.94. The van der Waals surface area contributed by atoms with Gasteiger partial charge in [-0.1, -0.05) is 13.8 Å². The molecule has 0 bridgehead atoms. The van der Waals surface area contributed by atoms with Gasteiger partial charge in [0.1, 0.15) is 5.76 Å². The van der Waals surface area contributed by atoms with Crippen LogP contribution < -0.4 is 0 Å². The van der Waals surface area contributed by atoms with E-state index in [2.05, 4.69) is 0 Å². The first-order valence-corrected chi connectivity index (χ1v) is 4.94. The molecule has 4 heteroatoms. The Labute approximate surface area is 83.5 Å². The third kappa shape index (κ3) is 2.36. The molecule has 0 aliphatic carbocycles. The van der Waals surface area contributed by atoms with E-state index in [0.29, 0.717) is 12.2 Å². The minimum absolute atomic E-state index is 0.250. The molecule has 0 atom stereocenters. The molecule has 0 spiro atoms. The van der Waals surface area contributed by atoms with Crippen LogP contribution in [0.15, 0.2) is 11.5 Å². The predicted octanol–water partition coefficient (Wildman–Crippen LogP) is 2.62. The molecular weight excluding hydrogens is 188 g/mol. The Morgan fingerprint density at radius 1 is 1.36 bits per heavy atom. The highest BCUT2D eigenvalue weighted by Gasteiger charge is 2.35. The lowest BCUT2D eigenvalue weighted by molar-refractivity contribution is -0.0632. The van der Waals surface area contributed by atoms with Crippen LogP contribution in [0.2, 0.25) is 0 Å². The predicted molar refractivity (Wildman–Crippen MR) is 51.1 cm³/mol.